The average Bonchev–Trinajstić information content (AvgIpc) is 2.16. The second-order valence-electron chi connectivity index (χ2n) is 2.75. The Morgan fingerprint density at radius 2 is 1.93 bits per heavy atom. The van der Waals surface area contributed by atoms with Crippen molar-refractivity contribution < 1.29 is 4.74 Å². The Labute approximate surface area is 99.1 Å². The monoisotopic (exact) mass is 248 g/mol. The number of hydrogen-bond donors (Lipinski definition) is 1. The van der Waals surface area contributed by atoms with E-state index in [1.54, 1.807) is 18.2 Å². The Bertz CT molecular complexity index is 319. The molecule has 0 saturated heterocycles. The van der Waals surface area contributed by atoms with Crippen LogP contribution in [-0.4, -0.2) is 12.4 Å². The Balaban J connectivity index is 2.71. The van der Waals surface area contributed by atoms with Crippen molar-refractivity contribution in [2.45, 2.75) is 0 Å². The first-order valence-electron chi connectivity index (χ1n) is 3.99. The topological polar surface area (TPSA) is 9.23 Å². The zero-order valence-corrected chi connectivity index (χ0v) is 9.87. The van der Waals surface area contributed by atoms with Crippen molar-refractivity contribution >= 4 is 35.8 Å². The predicted octanol–water partition coefficient (Wildman–Crippen LogP) is 3.86. The van der Waals surface area contributed by atoms with E-state index in [0.29, 0.717) is 28.2 Å². The highest BCUT2D eigenvalue weighted by atomic mass is 35.5. The molecule has 0 aliphatic rings. The Kier molecular flexibility index (Phi) is 4.66. The first-order chi connectivity index (χ1) is 6.65. The number of hydrogen-bond acceptors (Lipinski definition) is 2. The lowest BCUT2D eigenvalue weighted by molar-refractivity contribution is 0.354. The van der Waals surface area contributed by atoms with E-state index in [1.807, 2.05) is 0 Å². The molecule has 0 aliphatic heterocycles. The van der Waals surface area contributed by atoms with Crippen LogP contribution >= 0.6 is 35.8 Å². The molecule has 0 amide bonds. The van der Waals surface area contributed by atoms with Crippen molar-refractivity contribution in [2.24, 2.45) is 0 Å². The quantitative estimate of drug-likeness (QED) is 0.629. The van der Waals surface area contributed by atoms with Gasteiger partial charge in [-0.25, -0.2) is 0 Å². The molecular weight excluding hydrogens is 239 g/mol. The van der Waals surface area contributed by atoms with E-state index < -0.39 is 0 Å². The molecule has 1 rings (SSSR count). The maximum Gasteiger partial charge on any atom is 0.156 e. The molecule has 0 unspecified atom stereocenters. The molecule has 0 radical (unpaired) electrons. The van der Waals surface area contributed by atoms with Crippen LogP contribution in [0.5, 0.6) is 5.75 Å². The highest BCUT2D eigenvalue weighted by molar-refractivity contribution is 7.80. The minimum absolute atomic E-state index is 0.382. The van der Waals surface area contributed by atoms with Gasteiger partial charge in [0.25, 0.3) is 0 Å². The third-order valence-corrected chi connectivity index (χ3v) is 2.61. The van der Waals surface area contributed by atoms with Gasteiger partial charge in [-0.05, 0) is 17.7 Å². The first-order valence-corrected chi connectivity index (χ1v) is 5.38. The van der Waals surface area contributed by atoms with E-state index in [0.717, 1.165) is 5.57 Å². The lowest BCUT2D eigenvalue weighted by Gasteiger charge is -2.09. The van der Waals surface area contributed by atoms with E-state index in [2.05, 4.69) is 19.2 Å². The number of ether oxygens (including phenoxy) is 1. The summed E-state index contributed by atoms with van der Waals surface area (Å²) in [4.78, 5) is 0. The van der Waals surface area contributed by atoms with Gasteiger partial charge in [0.05, 0.1) is 10.0 Å². The standard InChI is InChI=1S/C10H10Cl2OS/c1-7(6-14)5-13-10-8(11)3-2-4-9(10)12/h2-4,14H,1,5-6H2. The summed E-state index contributed by atoms with van der Waals surface area (Å²) in [5.74, 6) is 1.08. The Hall–Kier alpha value is -0.310. The first kappa shape index (κ1) is 11.8. The molecule has 14 heavy (non-hydrogen) atoms. The van der Waals surface area contributed by atoms with Crippen molar-refractivity contribution in [1.29, 1.82) is 0 Å². The molecule has 0 atom stereocenters. The summed E-state index contributed by atoms with van der Waals surface area (Å²) in [6.45, 7) is 4.14. The third kappa shape index (κ3) is 3.12. The minimum atomic E-state index is 0.382. The summed E-state index contributed by atoms with van der Waals surface area (Å²) in [7, 11) is 0. The molecule has 76 valence electrons. The molecule has 1 aromatic carbocycles. The number of thiol groups is 1. The van der Waals surface area contributed by atoms with Gasteiger partial charge < -0.3 is 4.74 Å². The molecule has 0 aliphatic carbocycles. The van der Waals surface area contributed by atoms with E-state index in [1.165, 1.54) is 0 Å². The van der Waals surface area contributed by atoms with Gasteiger partial charge in [0.15, 0.2) is 5.75 Å². The summed E-state index contributed by atoms with van der Waals surface area (Å²) in [5.41, 5.74) is 0.879. The van der Waals surface area contributed by atoms with Crippen molar-refractivity contribution in [3.05, 3.63) is 40.4 Å². The van der Waals surface area contributed by atoms with E-state index in [4.69, 9.17) is 27.9 Å². The fourth-order valence-electron chi connectivity index (χ4n) is 0.840. The lowest BCUT2D eigenvalue weighted by atomic mass is 10.3. The van der Waals surface area contributed by atoms with E-state index in [-0.39, 0.29) is 0 Å². The van der Waals surface area contributed by atoms with Crippen LogP contribution in [0.15, 0.2) is 30.4 Å². The van der Waals surface area contributed by atoms with Crippen molar-refractivity contribution in [1.82, 2.24) is 0 Å². The molecule has 0 heterocycles. The third-order valence-electron chi connectivity index (χ3n) is 1.56. The molecule has 0 saturated carbocycles. The average molecular weight is 249 g/mol. The van der Waals surface area contributed by atoms with Crippen LogP contribution in [-0.2, 0) is 0 Å². The summed E-state index contributed by atoms with van der Waals surface area (Å²) >= 11 is 15.9. The van der Waals surface area contributed by atoms with Crippen LogP contribution in [0.2, 0.25) is 10.0 Å². The van der Waals surface area contributed by atoms with Crippen LogP contribution in [0.3, 0.4) is 0 Å². The van der Waals surface area contributed by atoms with Gasteiger partial charge in [0, 0.05) is 5.75 Å². The van der Waals surface area contributed by atoms with E-state index in [9.17, 15) is 0 Å². The summed E-state index contributed by atoms with van der Waals surface area (Å²) in [5, 5.41) is 1.01. The minimum Gasteiger partial charge on any atom is -0.486 e. The van der Waals surface area contributed by atoms with Gasteiger partial charge in [-0.3, -0.25) is 0 Å². The van der Waals surface area contributed by atoms with Gasteiger partial charge in [0.2, 0.25) is 0 Å². The summed E-state index contributed by atoms with van der Waals surface area (Å²) in [6.07, 6.45) is 0. The maximum absolute atomic E-state index is 5.90. The van der Waals surface area contributed by atoms with Gasteiger partial charge in [-0.1, -0.05) is 35.8 Å². The van der Waals surface area contributed by atoms with Gasteiger partial charge in [0.1, 0.15) is 6.61 Å². The lowest BCUT2D eigenvalue weighted by Crippen LogP contribution is -2.02. The molecule has 1 aromatic rings. The van der Waals surface area contributed by atoms with Crippen molar-refractivity contribution in [3.8, 4) is 5.75 Å². The summed E-state index contributed by atoms with van der Waals surface area (Å²) in [6, 6.07) is 5.23. The number of benzene rings is 1. The summed E-state index contributed by atoms with van der Waals surface area (Å²) < 4.78 is 5.41. The van der Waals surface area contributed by atoms with Gasteiger partial charge in [-0.15, -0.1) is 0 Å². The molecule has 0 fully saturated rings. The van der Waals surface area contributed by atoms with Crippen LogP contribution < -0.4 is 4.74 Å². The second-order valence-corrected chi connectivity index (χ2v) is 3.88. The maximum atomic E-state index is 5.90. The normalized spacial score (nSPS) is 9.93. The highest BCUT2D eigenvalue weighted by Crippen LogP contribution is 2.32. The van der Waals surface area contributed by atoms with Crippen molar-refractivity contribution in [3.63, 3.8) is 0 Å². The zero-order chi connectivity index (χ0) is 10.6. The number of rotatable bonds is 4. The molecule has 4 heteroatoms. The van der Waals surface area contributed by atoms with Gasteiger partial charge in [-0.2, -0.15) is 12.6 Å². The predicted molar refractivity (Wildman–Crippen MR) is 65.0 cm³/mol. The molecular formula is C10H10Cl2OS. The molecule has 0 N–H and O–H groups in total. The van der Waals surface area contributed by atoms with Crippen LogP contribution in [0.25, 0.3) is 0 Å². The smallest absolute Gasteiger partial charge is 0.156 e. The molecule has 0 bridgehead atoms. The largest absolute Gasteiger partial charge is 0.486 e. The second kappa shape index (κ2) is 5.54. The van der Waals surface area contributed by atoms with E-state index >= 15 is 0 Å². The fraction of sp³-hybridized carbons (Fsp3) is 0.200. The molecule has 1 nitrogen and oxygen atoms in total. The highest BCUT2D eigenvalue weighted by Gasteiger charge is 2.06. The molecule has 0 spiro atoms. The zero-order valence-electron chi connectivity index (χ0n) is 7.46. The Morgan fingerprint density at radius 3 is 2.43 bits per heavy atom. The van der Waals surface area contributed by atoms with Crippen LogP contribution in [0, 0.1) is 0 Å². The SMILES string of the molecule is C=C(CS)COc1c(Cl)cccc1Cl. The van der Waals surface area contributed by atoms with Crippen molar-refractivity contribution in [2.75, 3.05) is 12.4 Å². The Morgan fingerprint density at radius 1 is 1.36 bits per heavy atom. The fourth-order valence-corrected chi connectivity index (χ4v) is 1.44. The number of para-hydroxylation sites is 1. The van der Waals surface area contributed by atoms with Crippen LogP contribution in [0.1, 0.15) is 0 Å². The van der Waals surface area contributed by atoms with Crippen LogP contribution in [0.4, 0.5) is 0 Å². The molecule has 0 aromatic heterocycles. The number of halogens is 2. The van der Waals surface area contributed by atoms with Gasteiger partial charge >= 0.3 is 0 Å².